The molecule has 1 heterocycles. The summed E-state index contributed by atoms with van der Waals surface area (Å²) in [5.41, 5.74) is 1.63. The number of ether oxygens (including phenoxy) is 1. The van der Waals surface area contributed by atoms with Crippen LogP contribution in [-0.2, 0) is 0 Å². The molecule has 132 valence electrons. The van der Waals surface area contributed by atoms with Crippen LogP contribution in [-0.4, -0.2) is 18.4 Å². The lowest BCUT2D eigenvalue weighted by atomic mass is 10.2. The molecule has 0 spiro atoms. The zero-order valence-electron chi connectivity index (χ0n) is 14.2. The van der Waals surface area contributed by atoms with Gasteiger partial charge in [0.25, 0.3) is 11.8 Å². The number of hydrogen-bond acceptors (Lipinski definition) is 4. The van der Waals surface area contributed by atoms with Crippen molar-refractivity contribution in [2.45, 2.75) is 6.92 Å². The van der Waals surface area contributed by atoms with Crippen molar-refractivity contribution in [3.8, 4) is 5.75 Å². The lowest BCUT2D eigenvalue weighted by Crippen LogP contribution is -2.13. The Morgan fingerprint density at radius 2 is 1.62 bits per heavy atom. The molecule has 6 heteroatoms. The highest BCUT2D eigenvalue weighted by atomic mass is 16.5. The SMILES string of the molecule is CCOc1ccc(C(=O)Nc2cccc(NC(=O)c3ccco3)c2)cc1. The number of carbonyl (C=O) groups excluding carboxylic acids is 2. The standard InChI is InChI=1S/C20H18N2O4/c1-2-25-17-10-8-14(9-11-17)19(23)21-15-5-3-6-16(13-15)22-20(24)18-7-4-12-26-18/h3-13H,2H2,1H3,(H,21,23)(H,22,24). The minimum Gasteiger partial charge on any atom is -0.494 e. The van der Waals surface area contributed by atoms with E-state index in [1.54, 1.807) is 60.7 Å². The van der Waals surface area contributed by atoms with Crippen LogP contribution in [0.4, 0.5) is 11.4 Å². The van der Waals surface area contributed by atoms with Gasteiger partial charge in [0.1, 0.15) is 5.75 Å². The van der Waals surface area contributed by atoms with E-state index in [0.29, 0.717) is 29.3 Å². The zero-order chi connectivity index (χ0) is 18.4. The predicted octanol–water partition coefficient (Wildman–Crippen LogP) is 4.18. The smallest absolute Gasteiger partial charge is 0.291 e. The number of carbonyl (C=O) groups is 2. The van der Waals surface area contributed by atoms with Gasteiger partial charge in [-0.3, -0.25) is 9.59 Å². The number of rotatable bonds is 6. The minimum atomic E-state index is -0.356. The summed E-state index contributed by atoms with van der Waals surface area (Å²) in [6.07, 6.45) is 1.43. The molecule has 2 N–H and O–H groups in total. The van der Waals surface area contributed by atoms with E-state index in [1.165, 1.54) is 6.26 Å². The molecule has 26 heavy (non-hydrogen) atoms. The molecule has 1 aromatic heterocycles. The topological polar surface area (TPSA) is 80.6 Å². The number of hydrogen-bond donors (Lipinski definition) is 2. The van der Waals surface area contributed by atoms with E-state index in [-0.39, 0.29) is 17.6 Å². The maximum absolute atomic E-state index is 12.3. The first-order chi connectivity index (χ1) is 12.7. The van der Waals surface area contributed by atoms with Gasteiger partial charge in [-0.25, -0.2) is 0 Å². The van der Waals surface area contributed by atoms with Crippen LogP contribution in [0, 0.1) is 0 Å². The molecule has 0 saturated heterocycles. The fraction of sp³-hybridized carbons (Fsp3) is 0.100. The molecule has 0 radical (unpaired) electrons. The van der Waals surface area contributed by atoms with Gasteiger partial charge in [-0.2, -0.15) is 0 Å². The number of furan rings is 1. The molecular weight excluding hydrogens is 332 g/mol. The monoisotopic (exact) mass is 350 g/mol. The van der Waals surface area contributed by atoms with Gasteiger partial charge in [-0.1, -0.05) is 6.07 Å². The third-order valence-corrected chi connectivity index (χ3v) is 3.55. The summed E-state index contributed by atoms with van der Waals surface area (Å²) < 4.78 is 10.4. The van der Waals surface area contributed by atoms with E-state index >= 15 is 0 Å². The van der Waals surface area contributed by atoms with Crippen LogP contribution in [0.1, 0.15) is 27.8 Å². The average molecular weight is 350 g/mol. The van der Waals surface area contributed by atoms with Gasteiger partial charge in [0.15, 0.2) is 5.76 Å². The van der Waals surface area contributed by atoms with E-state index < -0.39 is 0 Å². The summed E-state index contributed by atoms with van der Waals surface area (Å²) in [5, 5.41) is 5.52. The van der Waals surface area contributed by atoms with E-state index in [1.807, 2.05) is 6.92 Å². The highest BCUT2D eigenvalue weighted by Gasteiger charge is 2.10. The Hall–Kier alpha value is -3.54. The van der Waals surface area contributed by atoms with Crippen LogP contribution in [0.25, 0.3) is 0 Å². The van der Waals surface area contributed by atoms with E-state index in [9.17, 15) is 9.59 Å². The fourth-order valence-corrected chi connectivity index (χ4v) is 2.35. The normalized spacial score (nSPS) is 10.2. The molecule has 6 nitrogen and oxygen atoms in total. The maximum atomic E-state index is 12.3. The van der Waals surface area contributed by atoms with Gasteiger partial charge in [-0.05, 0) is 61.5 Å². The Kier molecular flexibility index (Phi) is 5.34. The average Bonchev–Trinajstić information content (AvgIpc) is 3.18. The Labute approximate surface area is 150 Å². The Bertz CT molecular complexity index is 886. The van der Waals surface area contributed by atoms with Crippen molar-refractivity contribution in [3.05, 3.63) is 78.3 Å². The molecule has 0 fully saturated rings. The highest BCUT2D eigenvalue weighted by Crippen LogP contribution is 2.18. The fourth-order valence-electron chi connectivity index (χ4n) is 2.35. The summed E-state index contributed by atoms with van der Waals surface area (Å²) in [7, 11) is 0. The molecule has 3 rings (SSSR count). The third-order valence-electron chi connectivity index (χ3n) is 3.55. The molecule has 0 aliphatic carbocycles. The van der Waals surface area contributed by atoms with Crippen LogP contribution in [0.15, 0.2) is 71.3 Å². The Morgan fingerprint density at radius 3 is 2.23 bits per heavy atom. The van der Waals surface area contributed by atoms with Crippen LogP contribution in [0.5, 0.6) is 5.75 Å². The first kappa shape index (κ1) is 17.3. The van der Waals surface area contributed by atoms with Gasteiger partial charge >= 0.3 is 0 Å². The van der Waals surface area contributed by atoms with Gasteiger partial charge in [-0.15, -0.1) is 0 Å². The highest BCUT2D eigenvalue weighted by molar-refractivity contribution is 6.05. The summed E-state index contributed by atoms with van der Waals surface area (Å²) in [4.78, 5) is 24.4. The van der Waals surface area contributed by atoms with Gasteiger partial charge < -0.3 is 19.8 Å². The molecule has 2 amide bonds. The summed E-state index contributed by atoms with van der Waals surface area (Å²) >= 11 is 0. The zero-order valence-corrected chi connectivity index (χ0v) is 14.2. The molecule has 3 aromatic rings. The summed E-state index contributed by atoms with van der Waals surface area (Å²) in [5.74, 6) is 0.327. The molecule has 2 aromatic carbocycles. The molecule has 0 aliphatic rings. The lowest BCUT2D eigenvalue weighted by molar-refractivity contribution is 0.0995. The first-order valence-corrected chi connectivity index (χ1v) is 8.15. The van der Waals surface area contributed by atoms with Crippen molar-refractivity contribution in [2.75, 3.05) is 17.2 Å². The lowest BCUT2D eigenvalue weighted by Gasteiger charge is -2.09. The third kappa shape index (κ3) is 4.30. The van der Waals surface area contributed by atoms with Crippen molar-refractivity contribution in [1.82, 2.24) is 0 Å². The van der Waals surface area contributed by atoms with Crippen molar-refractivity contribution < 1.29 is 18.7 Å². The molecule has 0 saturated carbocycles. The molecule has 0 unspecified atom stereocenters. The second-order valence-electron chi connectivity index (χ2n) is 5.42. The number of benzene rings is 2. The Balaban J connectivity index is 1.66. The van der Waals surface area contributed by atoms with Gasteiger partial charge in [0.05, 0.1) is 12.9 Å². The van der Waals surface area contributed by atoms with E-state index in [4.69, 9.17) is 9.15 Å². The molecular formula is C20H18N2O4. The second-order valence-corrected chi connectivity index (χ2v) is 5.42. The molecule has 0 bridgehead atoms. The largest absolute Gasteiger partial charge is 0.494 e. The molecule has 0 aliphatic heterocycles. The van der Waals surface area contributed by atoms with E-state index in [0.717, 1.165) is 0 Å². The van der Waals surface area contributed by atoms with Crippen LogP contribution in [0.2, 0.25) is 0 Å². The van der Waals surface area contributed by atoms with Crippen molar-refractivity contribution >= 4 is 23.2 Å². The van der Waals surface area contributed by atoms with Crippen LogP contribution in [0.3, 0.4) is 0 Å². The minimum absolute atomic E-state index is 0.217. The van der Waals surface area contributed by atoms with Crippen molar-refractivity contribution in [3.63, 3.8) is 0 Å². The van der Waals surface area contributed by atoms with Gasteiger partial charge in [0.2, 0.25) is 0 Å². The van der Waals surface area contributed by atoms with Crippen LogP contribution < -0.4 is 15.4 Å². The Morgan fingerprint density at radius 1 is 0.923 bits per heavy atom. The number of nitrogens with one attached hydrogen (secondary N) is 2. The van der Waals surface area contributed by atoms with Gasteiger partial charge in [0, 0.05) is 16.9 Å². The van der Waals surface area contributed by atoms with Crippen LogP contribution >= 0.6 is 0 Å². The first-order valence-electron chi connectivity index (χ1n) is 8.15. The number of amides is 2. The quantitative estimate of drug-likeness (QED) is 0.699. The second kappa shape index (κ2) is 8.02. The van der Waals surface area contributed by atoms with Crippen molar-refractivity contribution in [2.24, 2.45) is 0 Å². The summed E-state index contributed by atoms with van der Waals surface area (Å²) in [6, 6.07) is 17.0. The predicted molar refractivity (Wildman–Crippen MR) is 98.7 cm³/mol. The molecule has 0 atom stereocenters. The number of anilines is 2. The van der Waals surface area contributed by atoms with Crippen molar-refractivity contribution in [1.29, 1.82) is 0 Å². The maximum Gasteiger partial charge on any atom is 0.291 e. The summed E-state index contributed by atoms with van der Waals surface area (Å²) in [6.45, 7) is 2.47. The van der Waals surface area contributed by atoms with E-state index in [2.05, 4.69) is 10.6 Å².